The average Bonchev–Trinajstić information content (AvgIpc) is 2.54. The van der Waals surface area contributed by atoms with Crippen molar-refractivity contribution in [2.24, 2.45) is 0 Å². The van der Waals surface area contributed by atoms with E-state index in [1.54, 1.807) is 12.1 Å². The van der Waals surface area contributed by atoms with Gasteiger partial charge in [0.2, 0.25) is 0 Å². The Balaban J connectivity index is 2.37. The summed E-state index contributed by atoms with van der Waals surface area (Å²) in [7, 11) is 0. The molecule has 1 atom stereocenters. The Morgan fingerprint density at radius 2 is 2.12 bits per heavy atom. The molecule has 0 amide bonds. The highest BCUT2D eigenvalue weighted by Crippen LogP contribution is 2.41. The lowest BCUT2D eigenvalue weighted by atomic mass is 9.91. The molecule has 2 N–H and O–H groups in total. The van der Waals surface area contributed by atoms with Crippen LogP contribution in [0.2, 0.25) is 0 Å². The number of hydrogen-bond donors (Lipinski definition) is 2. The molecule has 0 saturated heterocycles. The number of aromatic carboxylic acids is 1. The van der Waals surface area contributed by atoms with Gasteiger partial charge in [-0.3, -0.25) is 0 Å². The molecule has 25 heavy (non-hydrogen) atoms. The number of carbonyl (C=O) groups is 1. The number of ether oxygens (including phenoxy) is 1. The van der Waals surface area contributed by atoms with Crippen LogP contribution >= 0.6 is 0 Å². The summed E-state index contributed by atoms with van der Waals surface area (Å²) in [6, 6.07) is 1.78. The second-order valence-corrected chi connectivity index (χ2v) is 6.61. The Morgan fingerprint density at radius 1 is 1.36 bits per heavy atom. The first-order valence-corrected chi connectivity index (χ1v) is 8.82. The standard InChI is InChI=1S/C21H26O4/c1-4-6-8-10-15-14-17-16(19(22)18(15)20(23)24)11-13-21(3,25-17)12-9-7-5-2/h11,13-14,22H,4,6,8-10,12H2,1-3H3,(H,23,24). The number of hydrogen-bond acceptors (Lipinski definition) is 3. The van der Waals surface area contributed by atoms with Gasteiger partial charge in [0, 0.05) is 12.8 Å². The summed E-state index contributed by atoms with van der Waals surface area (Å²) in [6.07, 6.45) is 8.64. The van der Waals surface area contributed by atoms with Crippen molar-refractivity contribution in [2.75, 3.05) is 0 Å². The first kappa shape index (κ1) is 18.9. The van der Waals surface area contributed by atoms with Gasteiger partial charge < -0.3 is 14.9 Å². The highest BCUT2D eigenvalue weighted by Gasteiger charge is 2.31. The molecule has 0 aliphatic carbocycles. The molecule has 1 heterocycles. The van der Waals surface area contributed by atoms with Crippen LogP contribution in [0.3, 0.4) is 0 Å². The fourth-order valence-electron chi connectivity index (χ4n) is 3.07. The summed E-state index contributed by atoms with van der Waals surface area (Å²) in [5.74, 6) is 5.15. The molecule has 1 aliphatic heterocycles. The van der Waals surface area contributed by atoms with Gasteiger partial charge >= 0.3 is 5.97 Å². The molecule has 1 unspecified atom stereocenters. The summed E-state index contributed by atoms with van der Waals surface area (Å²) in [4.78, 5) is 11.6. The minimum Gasteiger partial charge on any atom is -0.506 e. The third-order valence-electron chi connectivity index (χ3n) is 4.52. The third kappa shape index (κ3) is 4.36. The van der Waals surface area contributed by atoms with Crippen LogP contribution in [0.4, 0.5) is 0 Å². The van der Waals surface area contributed by atoms with Crippen LogP contribution in [0.1, 0.15) is 74.4 Å². The van der Waals surface area contributed by atoms with Crippen molar-refractivity contribution in [1.29, 1.82) is 0 Å². The predicted molar refractivity (Wildman–Crippen MR) is 99.0 cm³/mol. The average molecular weight is 342 g/mol. The molecule has 1 aliphatic rings. The molecule has 0 saturated carbocycles. The number of rotatable bonds is 7. The zero-order valence-electron chi connectivity index (χ0n) is 15.2. The number of unbranched alkanes of at least 4 members (excludes halogenated alkanes) is 2. The molecular weight excluding hydrogens is 316 g/mol. The van der Waals surface area contributed by atoms with Gasteiger partial charge in [0.25, 0.3) is 0 Å². The number of carboxylic acid groups (broad SMARTS) is 1. The summed E-state index contributed by atoms with van der Waals surface area (Å²) >= 11 is 0. The van der Waals surface area contributed by atoms with Crippen LogP contribution in [0.15, 0.2) is 12.1 Å². The van der Waals surface area contributed by atoms with Crippen molar-refractivity contribution in [2.45, 2.75) is 64.9 Å². The van der Waals surface area contributed by atoms with Crippen LogP contribution in [0.5, 0.6) is 11.5 Å². The quantitative estimate of drug-likeness (QED) is 0.552. The maximum atomic E-state index is 11.6. The first-order chi connectivity index (χ1) is 11.9. The Hall–Kier alpha value is -2.41. The van der Waals surface area contributed by atoms with E-state index in [1.165, 1.54) is 0 Å². The zero-order chi connectivity index (χ0) is 18.4. The number of aromatic hydroxyl groups is 1. The van der Waals surface area contributed by atoms with Crippen LogP contribution < -0.4 is 4.74 Å². The van der Waals surface area contributed by atoms with E-state index in [1.807, 2.05) is 19.9 Å². The fourth-order valence-corrected chi connectivity index (χ4v) is 3.07. The van der Waals surface area contributed by atoms with Gasteiger partial charge in [-0.15, -0.1) is 11.8 Å². The van der Waals surface area contributed by atoms with E-state index in [-0.39, 0.29) is 11.3 Å². The molecule has 4 heteroatoms. The minimum absolute atomic E-state index is 0.0106. The van der Waals surface area contributed by atoms with Gasteiger partial charge in [0.15, 0.2) is 0 Å². The lowest BCUT2D eigenvalue weighted by Gasteiger charge is -2.32. The number of fused-ring (bicyclic) bond motifs is 1. The van der Waals surface area contributed by atoms with E-state index in [0.29, 0.717) is 23.3 Å². The van der Waals surface area contributed by atoms with Crippen molar-refractivity contribution >= 4 is 12.0 Å². The van der Waals surface area contributed by atoms with Crippen molar-refractivity contribution in [1.82, 2.24) is 0 Å². The predicted octanol–water partition coefficient (Wildman–Crippen LogP) is 4.79. The van der Waals surface area contributed by atoms with Crippen molar-refractivity contribution in [3.63, 3.8) is 0 Å². The summed E-state index contributed by atoms with van der Waals surface area (Å²) in [5.41, 5.74) is 0.553. The summed E-state index contributed by atoms with van der Waals surface area (Å²) in [6.45, 7) is 5.88. The Labute approximate surface area is 149 Å². The van der Waals surface area contributed by atoms with Crippen LogP contribution in [-0.2, 0) is 6.42 Å². The highest BCUT2D eigenvalue weighted by atomic mass is 16.5. The van der Waals surface area contributed by atoms with E-state index < -0.39 is 11.6 Å². The van der Waals surface area contributed by atoms with Crippen molar-refractivity contribution < 1.29 is 19.7 Å². The largest absolute Gasteiger partial charge is 0.506 e. The maximum absolute atomic E-state index is 11.6. The molecule has 2 rings (SSSR count). The number of carboxylic acids is 1. The molecule has 0 bridgehead atoms. The van der Waals surface area contributed by atoms with Gasteiger partial charge in [0.1, 0.15) is 22.7 Å². The topological polar surface area (TPSA) is 66.8 Å². The molecule has 1 aromatic rings. The molecule has 1 aromatic carbocycles. The van der Waals surface area contributed by atoms with E-state index in [2.05, 4.69) is 18.8 Å². The molecule has 4 nitrogen and oxygen atoms in total. The summed E-state index contributed by atoms with van der Waals surface area (Å²) < 4.78 is 6.12. The van der Waals surface area contributed by atoms with Gasteiger partial charge in [0.05, 0.1) is 5.56 Å². The normalized spacial score (nSPS) is 18.0. The van der Waals surface area contributed by atoms with Crippen LogP contribution in [-0.4, -0.2) is 21.8 Å². The minimum atomic E-state index is -1.10. The van der Waals surface area contributed by atoms with E-state index in [0.717, 1.165) is 32.1 Å². The second-order valence-electron chi connectivity index (χ2n) is 6.61. The van der Waals surface area contributed by atoms with E-state index in [4.69, 9.17) is 4.74 Å². The molecule has 0 aromatic heterocycles. The second kappa shape index (κ2) is 8.11. The Bertz CT molecular complexity index is 736. The third-order valence-corrected chi connectivity index (χ3v) is 4.52. The van der Waals surface area contributed by atoms with Gasteiger partial charge in [-0.25, -0.2) is 4.79 Å². The molecule has 0 radical (unpaired) electrons. The first-order valence-electron chi connectivity index (χ1n) is 8.82. The van der Waals surface area contributed by atoms with E-state index >= 15 is 0 Å². The Morgan fingerprint density at radius 3 is 2.76 bits per heavy atom. The lowest BCUT2D eigenvalue weighted by molar-refractivity contribution is 0.0692. The Kier molecular flexibility index (Phi) is 6.14. The molecule has 0 spiro atoms. The molecule has 134 valence electrons. The number of benzene rings is 1. The van der Waals surface area contributed by atoms with Gasteiger partial charge in [-0.1, -0.05) is 19.8 Å². The van der Waals surface area contributed by atoms with Gasteiger partial charge in [-0.05, 0) is 50.5 Å². The lowest BCUT2D eigenvalue weighted by Crippen LogP contribution is -2.32. The number of phenols is 1. The highest BCUT2D eigenvalue weighted by molar-refractivity contribution is 5.95. The van der Waals surface area contributed by atoms with Crippen molar-refractivity contribution in [3.8, 4) is 23.3 Å². The summed E-state index contributed by atoms with van der Waals surface area (Å²) in [5, 5.41) is 20.0. The van der Waals surface area contributed by atoms with Crippen LogP contribution in [0.25, 0.3) is 6.08 Å². The monoisotopic (exact) mass is 342 g/mol. The maximum Gasteiger partial charge on any atom is 0.339 e. The smallest absolute Gasteiger partial charge is 0.339 e. The van der Waals surface area contributed by atoms with Crippen molar-refractivity contribution in [3.05, 3.63) is 28.8 Å². The number of aryl methyl sites for hydroxylation is 1. The fraction of sp³-hybridized carbons (Fsp3) is 0.476. The van der Waals surface area contributed by atoms with E-state index in [9.17, 15) is 15.0 Å². The zero-order valence-corrected chi connectivity index (χ0v) is 15.2. The molecular formula is C21H26O4. The van der Waals surface area contributed by atoms with Gasteiger partial charge in [-0.2, -0.15) is 0 Å². The van der Waals surface area contributed by atoms with Crippen LogP contribution in [0, 0.1) is 11.8 Å². The SMILES string of the molecule is CC#CCCC1(C)C=Cc2c(cc(CCCCC)c(C(=O)O)c2O)O1. The molecule has 0 fully saturated rings.